The van der Waals surface area contributed by atoms with E-state index in [1.807, 2.05) is 0 Å². The van der Waals surface area contributed by atoms with E-state index in [1.54, 1.807) is 0 Å². The standard InChI is InChI=1S/C13H12F4N2O2/c1-19-11(20)5-10(12(19)21)18-6-7-2-3-9(14)8(4-7)13(15,16)17/h2-4,10,18H,5-6H2,1H3. The van der Waals surface area contributed by atoms with Crippen molar-refractivity contribution >= 4 is 11.8 Å². The van der Waals surface area contributed by atoms with Gasteiger partial charge >= 0.3 is 6.18 Å². The molecule has 2 rings (SSSR count). The number of hydrogen-bond donors (Lipinski definition) is 1. The van der Waals surface area contributed by atoms with Crippen molar-refractivity contribution in [3.8, 4) is 0 Å². The molecule has 1 atom stereocenters. The molecule has 1 heterocycles. The Kier molecular flexibility index (Phi) is 3.99. The Morgan fingerprint density at radius 1 is 1.33 bits per heavy atom. The van der Waals surface area contributed by atoms with E-state index in [9.17, 15) is 27.2 Å². The van der Waals surface area contributed by atoms with Crippen LogP contribution in [0.4, 0.5) is 17.6 Å². The molecule has 1 N–H and O–H groups in total. The molecular formula is C13H12F4N2O2. The van der Waals surface area contributed by atoms with E-state index in [0.717, 1.165) is 11.0 Å². The number of alkyl halides is 3. The quantitative estimate of drug-likeness (QED) is 0.683. The fraction of sp³-hybridized carbons (Fsp3) is 0.385. The molecule has 0 bridgehead atoms. The molecule has 1 saturated heterocycles. The first-order chi connectivity index (χ1) is 9.70. The number of nitrogens with one attached hydrogen (secondary N) is 1. The number of amides is 2. The molecule has 2 amide bonds. The summed E-state index contributed by atoms with van der Waals surface area (Å²) in [6, 6.07) is 1.85. The first kappa shape index (κ1) is 15.4. The second-order valence-electron chi connectivity index (χ2n) is 4.74. The number of imide groups is 1. The first-order valence-corrected chi connectivity index (χ1v) is 6.09. The Bertz CT molecular complexity index is 586. The predicted molar refractivity (Wildman–Crippen MR) is 64.4 cm³/mol. The Morgan fingerprint density at radius 2 is 2.00 bits per heavy atom. The van der Waals surface area contributed by atoms with Gasteiger partial charge < -0.3 is 5.32 Å². The molecule has 1 aromatic rings. The average molecular weight is 304 g/mol. The fourth-order valence-corrected chi connectivity index (χ4v) is 2.06. The Morgan fingerprint density at radius 3 is 2.52 bits per heavy atom. The van der Waals surface area contributed by atoms with Gasteiger partial charge in [-0.2, -0.15) is 13.2 Å². The maximum absolute atomic E-state index is 13.1. The number of likely N-dealkylation sites (N-methyl/N-ethyl adjacent to an activating group) is 1. The van der Waals surface area contributed by atoms with Gasteiger partial charge in [-0.3, -0.25) is 14.5 Å². The summed E-state index contributed by atoms with van der Waals surface area (Å²) in [5.41, 5.74) is -1.17. The molecule has 0 saturated carbocycles. The monoisotopic (exact) mass is 304 g/mol. The van der Waals surface area contributed by atoms with Crippen molar-refractivity contribution in [3.63, 3.8) is 0 Å². The van der Waals surface area contributed by atoms with E-state index in [1.165, 1.54) is 13.1 Å². The van der Waals surface area contributed by atoms with Crippen LogP contribution in [0, 0.1) is 5.82 Å². The lowest BCUT2D eigenvalue weighted by atomic mass is 10.1. The summed E-state index contributed by atoms with van der Waals surface area (Å²) in [6.45, 7) is -0.0686. The van der Waals surface area contributed by atoms with Gasteiger partial charge in [0.25, 0.3) is 0 Å². The number of carbonyl (C=O) groups is 2. The summed E-state index contributed by atoms with van der Waals surface area (Å²) in [4.78, 5) is 23.9. The molecule has 1 aliphatic heterocycles. The van der Waals surface area contributed by atoms with Crippen LogP contribution in [-0.2, 0) is 22.3 Å². The minimum absolute atomic E-state index is 0.0390. The second-order valence-corrected chi connectivity index (χ2v) is 4.74. The van der Waals surface area contributed by atoms with Crippen LogP contribution < -0.4 is 5.32 Å². The fourth-order valence-electron chi connectivity index (χ4n) is 2.06. The smallest absolute Gasteiger partial charge is 0.301 e. The molecular weight excluding hydrogens is 292 g/mol. The Balaban J connectivity index is 2.08. The van der Waals surface area contributed by atoms with E-state index in [4.69, 9.17) is 0 Å². The van der Waals surface area contributed by atoms with Gasteiger partial charge in [-0.15, -0.1) is 0 Å². The highest BCUT2D eigenvalue weighted by Crippen LogP contribution is 2.31. The van der Waals surface area contributed by atoms with Gasteiger partial charge in [0.2, 0.25) is 11.8 Å². The summed E-state index contributed by atoms with van der Waals surface area (Å²) >= 11 is 0. The normalized spacial score (nSPS) is 19.5. The third-order valence-electron chi connectivity index (χ3n) is 3.27. The summed E-state index contributed by atoms with van der Waals surface area (Å²) in [5.74, 6) is -2.14. The highest BCUT2D eigenvalue weighted by molar-refractivity contribution is 6.05. The lowest BCUT2D eigenvalue weighted by molar-refractivity contribution is -0.140. The molecule has 4 nitrogen and oxygen atoms in total. The lowest BCUT2D eigenvalue weighted by Crippen LogP contribution is -2.36. The van der Waals surface area contributed by atoms with Crippen molar-refractivity contribution in [2.45, 2.75) is 25.2 Å². The zero-order chi connectivity index (χ0) is 15.8. The van der Waals surface area contributed by atoms with Gasteiger partial charge in [0.1, 0.15) is 5.82 Å². The maximum atomic E-state index is 13.1. The average Bonchev–Trinajstić information content (AvgIpc) is 2.64. The number of nitrogens with zero attached hydrogens (tertiary/aromatic N) is 1. The highest BCUT2D eigenvalue weighted by atomic mass is 19.4. The van der Waals surface area contributed by atoms with Gasteiger partial charge in [-0.05, 0) is 17.7 Å². The van der Waals surface area contributed by atoms with Crippen LogP contribution >= 0.6 is 0 Å². The van der Waals surface area contributed by atoms with Crippen LogP contribution in [0.5, 0.6) is 0 Å². The van der Waals surface area contributed by atoms with Crippen LogP contribution in [0.2, 0.25) is 0 Å². The number of hydrogen-bond acceptors (Lipinski definition) is 3. The van der Waals surface area contributed by atoms with Crippen molar-refractivity contribution in [2.24, 2.45) is 0 Å². The van der Waals surface area contributed by atoms with Crippen molar-refractivity contribution in [2.75, 3.05) is 7.05 Å². The van der Waals surface area contributed by atoms with E-state index < -0.39 is 29.5 Å². The molecule has 0 aliphatic carbocycles. The van der Waals surface area contributed by atoms with E-state index in [0.29, 0.717) is 6.07 Å². The van der Waals surface area contributed by atoms with Crippen LogP contribution in [-0.4, -0.2) is 29.8 Å². The number of likely N-dealkylation sites (tertiary alicyclic amines) is 1. The molecule has 0 radical (unpaired) electrons. The molecule has 1 aliphatic rings. The van der Waals surface area contributed by atoms with E-state index in [-0.39, 0.29) is 24.4 Å². The highest BCUT2D eigenvalue weighted by Gasteiger charge is 2.36. The second kappa shape index (κ2) is 5.44. The molecule has 1 fully saturated rings. The lowest BCUT2D eigenvalue weighted by Gasteiger charge is -2.13. The van der Waals surface area contributed by atoms with Crippen molar-refractivity contribution in [1.29, 1.82) is 0 Å². The largest absolute Gasteiger partial charge is 0.419 e. The molecule has 1 unspecified atom stereocenters. The molecule has 1 aromatic carbocycles. The topological polar surface area (TPSA) is 49.4 Å². The van der Waals surface area contributed by atoms with Gasteiger partial charge in [0.05, 0.1) is 18.0 Å². The zero-order valence-electron chi connectivity index (χ0n) is 11.0. The van der Waals surface area contributed by atoms with Gasteiger partial charge in [0, 0.05) is 13.6 Å². The molecule has 8 heteroatoms. The third kappa shape index (κ3) is 3.21. The van der Waals surface area contributed by atoms with Crippen LogP contribution in [0.15, 0.2) is 18.2 Å². The molecule has 21 heavy (non-hydrogen) atoms. The Labute approximate surface area is 117 Å². The van der Waals surface area contributed by atoms with Gasteiger partial charge in [-0.25, -0.2) is 4.39 Å². The number of halogens is 4. The van der Waals surface area contributed by atoms with Crippen LogP contribution in [0.3, 0.4) is 0 Å². The summed E-state index contributed by atoms with van der Waals surface area (Å²) in [7, 11) is 1.34. The number of rotatable bonds is 3. The summed E-state index contributed by atoms with van der Waals surface area (Å²) < 4.78 is 50.8. The van der Waals surface area contributed by atoms with Gasteiger partial charge in [-0.1, -0.05) is 6.07 Å². The van der Waals surface area contributed by atoms with Crippen molar-refractivity contribution in [3.05, 3.63) is 35.1 Å². The predicted octanol–water partition coefficient (Wildman–Crippen LogP) is 1.69. The SMILES string of the molecule is CN1C(=O)CC(NCc2ccc(F)c(C(F)(F)F)c2)C1=O. The van der Waals surface area contributed by atoms with Crippen molar-refractivity contribution in [1.82, 2.24) is 10.2 Å². The van der Waals surface area contributed by atoms with Crippen molar-refractivity contribution < 1.29 is 27.2 Å². The first-order valence-electron chi connectivity index (χ1n) is 6.09. The minimum Gasteiger partial charge on any atom is -0.301 e. The summed E-state index contributed by atoms with van der Waals surface area (Å²) in [6.07, 6.45) is -4.82. The van der Waals surface area contributed by atoms with E-state index in [2.05, 4.69) is 5.32 Å². The maximum Gasteiger partial charge on any atom is 0.419 e. The van der Waals surface area contributed by atoms with Gasteiger partial charge in [0.15, 0.2) is 0 Å². The Hall–Kier alpha value is -1.96. The van der Waals surface area contributed by atoms with Crippen LogP contribution in [0.25, 0.3) is 0 Å². The molecule has 0 aromatic heterocycles. The summed E-state index contributed by atoms with van der Waals surface area (Å²) in [5, 5.41) is 2.70. The molecule has 0 spiro atoms. The van der Waals surface area contributed by atoms with Crippen LogP contribution in [0.1, 0.15) is 17.5 Å². The number of carbonyl (C=O) groups excluding carboxylic acids is 2. The molecule has 114 valence electrons. The third-order valence-corrected chi connectivity index (χ3v) is 3.27. The van der Waals surface area contributed by atoms with E-state index >= 15 is 0 Å². The zero-order valence-corrected chi connectivity index (χ0v) is 11.0. The minimum atomic E-state index is -4.78. The number of benzene rings is 1.